The molecule has 4 rings (SSSR count). The van der Waals surface area contributed by atoms with Gasteiger partial charge < -0.3 is 5.32 Å². The fraction of sp³-hybridized carbons (Fsp3) is 0.391. The van der Waals surface area contributed by atoms with Crippen molar-refractivity contribution in [3.63, 3.8) is 0 Å². The monoisotopic (exact) mass is 421 g/mol. The summed E-state index contributed by atoms with van der Waals surface area (Å²) in [4.78, 5) is 16.8. The van der Waals surface area contributed by atoms with Crippen molar-refractivity contribution in [1.82, 2.24) is 25.1 Å². The molecule has 30 heavy (non-hydrogen) atoms. The summed E-state index contributed by atoms with van der Waals surface area (Å²) in [5.74, 6) is 1.71. The predicted molar refractivity (Wildman–Crippen MR) is 119 cm³/mol. The highest BCUT2D eigenvalue weighted by atomic mass is 32.2. The van der Waals surface area contributed by atoms with Crippen molar-refractivity contribution in [2.24, 2.45) is 5.92 Å². The molecule has 1 saturated carbocycles. The largest absolute Gasteiger partial charge is 0.352 e. The fourth-order valence-electron chi connectivity index (χ4n) is 3.92. The van der Waals surface area contributed by atoms with Crippen LogP contribution in [0.1, 0.15) is 38.2 Å². The van der Waals surface area contributed by atoms with Crippen molar-refractivity contribution in [2.45, 2.75) is 50.4 Å². The Bertz CT molecular complexity index is 960. The topological polar surface area (TPSA) is 72.7 Å². The number of carbonyl (C=O) groups is 1. The minimum absolute atomic E-state index is 0.0657. The quantitative estimate of drug-likeness (QED) is 0.580. The number of rotatable bonds is 7. The lowest BCUT2D eigenvalue weighted by Crippen LogP contribution is -2.41. The number of amides is 1. The first-order valence-corrected chi connectivity index (χ1v) is 11.5. The van der Waals surface area contributed by atoms with Crippen LogP contribution in [0.25, 0.3) is 11.4 Å². The van der Waals surface area contributed by atoms with Gasteiger partial charge in [0.2, 0.25) is 5.91 Å². The third-order valence-electron chi connectivity index (χ3n) is 5.61. The summed E-state index contributed by atoms with van der Waals surface area (Å²) in [6.07, 6.45) is 8.26. The van der Waals surface area contributed by atoms with Gasteiger partial charge in [-0.05, 0) is 36.5 Å². The van der Waals surface area contributed by atoms with Crippen molar-refractivity contribution in [3.8, 4) is 11.4 Å². The first kappa shape index (κ1) is 20.6. The molecule has 0 unspecified atom stereocenters. The number of nitrogens with one attached hydrogen (secondary N) is 1. The van der Waals surface area contributed by atoms with Gasteiger partial charge in [-0.3, -0.25) is 14.3 Å². The molecule has 1 fully saturated rings. The molecule has 0 aliphatic heterocycles. The van der Waals surface area contributed by atoms with Crippen molar-refractivity contribution >= 4 is 17.7 Å². The molecule has 2 atom stereocenters. The Kier molecular flexibility index (Phi) is 6.79. The van der Waals surface area contributed by atoms with Crippen molar-refractivity contribution < 1.29 is 4.79 Å². The van der Waals surface area contributed by atoms with Crippen LogP contribution in [-0.4, -0.2) is 37.5 Å². The van der Waals surface area contributed by atoms with Crippen LogP contribution in [0.2, 0.25) is 0 Å². The first-order valence-electron chi connectivity index (χ1n) is 10.5. The zero-order valence-corrected chi connectivity index (χ0v) is 18.0. The van der Waals surface area contributed by atoms with Gasteiger partial charge in [0.05, 0.1) is 12.3 Å². The average molecular weight is 422 g/mol. The molecule has 3 aromatic rings. The molecule has 1 aliphatic carbocycles. The molecule has 0 spiro atoms. The van der Waals surface area contributed by atoms with Gasteiger partial charge >= 0.3 is 0 Å². The van der Waals surface area contributed by atoms with E-state index >= 15 is 0 Å². The molecular formula is C23H27N5OS. The van der Waals surface area contributed by atoms with E-state index in [-0.39, 0.29) is 5.91 Å². The Hall–Kier alpha value is -2.67. The third-order valence-corrected chi connectivity index (χ3v) is 6.58. The van der Waals surface area contributed by atoms with Gasteiger partial charge in [-0.1, -0.05) is 61.9 Å². The van der Waals surface area contributed by atoms with E-state index in [0.29, 0.717) is 24.3 Å². The zero-order valence-electron chi connectivity index (χ0n) is 17.2. The molecular weight excluding hydrogens is 394 g/mol. The maximum Gasteiger partial charge on any atom is 0.230 e. The average Bonchev–Trinajstić information content (AvgIpc) is 3.17. The Balaban J connectivity index is 1.49. The minimum Gasteiger partial charge on any atom is -0.352 e. The summed E-state index contributed by atoms with van der Waals surface area (Å²) in [6.45, 7) is 2.87. The highest BCUT2D eigenvalue weighted by molar-refractivity contribution is 7.99. The summed E-state index contributed by atoms with van der Waals surface area (Å²) >= 11 is 1.44. The van der Waals surface area contributed by atoms with Gasteiger partial charge in [0.25, 0.3) is 0 Å². The van der Waals surface area contributed by atoms with Crippen molar-refractivity contribution in [3.05, 3.63) is 60.4 Å². The van der Waals surface area contributed by atoms with E-state index in [0.717, 1.165) is 28.5 Å². The molecule has 1 amide bonds. The van der Waals surface area contributed by atoms with Gasteiger partial charge in [0, 0.05) is 24.0 Å². The number of nitrogens with zero attached hydrogens (tertiary/aromatic N) is 4. The van der Waals surface area contributed by atoms with Crippen LogP contribution in [0.3, 0.4) is 0 Å². The number of carbonyl (C=O) groups excluding carboxylic acids is 1. The summed E-state index contributed by atoms with van der Waals surface area (Å²) in [6, 6.07) is 14.4. The van der Waals surface area contributed by atoms with Gasteiger partial charge in [-0.25, -0.2) is 0 Å². The molecule has 1 aromatic carbocycles. The van der Waals surface area contributed by atoms with Crippen LogP contribution in [-0.2, 0) is 11.3 Å². The molecule has 0 saturated heterocycles. The van der Waals surface area contributed by atoms with E-state index in [2.05, 4.69) is 44.1 Å². The molecule has 2 heterocycles. The lowest BCUT2D eigenvalue weighted by Gasteiger charge is -2.29. The van der Waals surface area contributed by atoms with E-state index in [1.807, 2.05) is 30.3 Å². The number of hydrogen-bond donors (Lipinski definition) is 1. The van der Waals surface area contributed by atoms with E-state index in [9.17, 15) is 4.79 Å². The smallest absolute Gasteiger partial charge is 0.230 e. The normalized spacial score (nSPS) is 18.8. The standard InChI is InChI=1S/C23H27N5OS/c1-17-8-5-6-12-20(17)25-21(29)16-30-23-27-26-22(19-11-7-13-24-14-19)28(23)15-18-9-3-2-4-10-18/h2-4,7,9-11,13-14,17,20H,5-6,8,12,15-16H2,1H3,(H,25,29)/t17-,20+/m0/s1. The van der Waals surface area contributed by atoms with Gasteiger partial charge in [-0.15, -0.1) is 10.2 Å². The molecule has 2 aromatic heterocycles. The van der Waals surface area contributed by atoms with Crippen molar-refractivity contribution in [2.75, 3.05) is 5.75 Å². The van der Waals surface area contributed by atoms with E-state index < -0.39 is 0 Å². The van der Waals surface area contributed by atoms with Gasteiger partial charge in [0.15, 0.2) is 11.0 Å². The Morgan fingerprint density at radius 1 is 1.13 bits per heavy atom. The highest BCUT2D eigenvalue weighted by Crippen LogP contribution is 2.26. The second-order valence-corrected chi connectivity index (χ2v) is 8.79. The lowest BCUT2D eigenvalue weighted by atomic mass is 9.86. The molecule has 1 aliphatic rings. The van der Waals surface area contributed by atoms with E-state index in [1.54, 1.807) is 12.4 Å². The number of thioether (sulfide) groups is 1. The maximum absolute atomic E-state index is 12.6. The third kappa shape index (κ3) is 5.08. The van der Waals surface area contributed by atoms with Gasteiger partial charge in [-0.2, -0.15) is 0 Å². The van der Waals surface area contributed by atoms with Crippen LogP contribution in [0.15, 0.2) is 60.0 Å². The van der Waals surface area contributed by atoms with Crippen LogP contribution >= 0.6 is 11.8 Å². The number of pyridine rings is 1. The Morgan fingerprint density at radius 3 is 2.73 bits per heavy atom. The number of hydrogen-bond acceptors (Lipinski definition) is 5. The molecule has 7 heteroatoms. The van der Waals surface area contributed by atoms with Gasteiger partial charge in [0.1, 0.15) is 0 Å². The Morgan fingerprint density at radius 2 is 1.97 bits per heavy atom. The zero-order chi connectivity index (χ0) is 20.8. The summed E-state index contributed by atoms with van der Waals surface area (Å²) in [5, 5.41) is 12.8. The predicted octanol–water partition coefficient (Wildman–Crippen LogP) is 4.18. The van der Waals surface area contributed by atoms with Crippen molar-refractivity contribution in [1.29, 1.82) is 0 Å². The minimum atomic E-state index is 0.0657. The second-order valence-electron chi connectivity index (χ2n) is 7.84. The maximum atomic E-state index is 12.6. The SMILES string of the molecule is C[C@H]1CCCC[C@H]1NC(=O)CSc1nnc(-c2cccnc2)n1Cc1ccccc1. The number of benzene rings is 1. The molecule has 1 N–H and O–H groups in total. The summed E-state index contributed by atoms with van der Waals surface area (Å²) in [5.41, 5.74) is 2.07. The lowest BCUT2D eigenvalue weighted by molar-refractivity contribution is -0.119. The fourth-order valence-corrected chi connectivity index (χ4v) is 4.67. The second kappa shape index (κ2) is 9.89. The molecule has 156 valence electrons. The van der Waals surface area contributed by atoms with E-state index in [1.165, 1.54) is 31.0 Å². The summed E-state index contributed by atoms with van der Waals surface area (Å²) < 4.78 is 2.06. The first-order chi connectivity index (χ1) is 14.7. The summed E-state index contributed by atoms with van der Waals surface area (Å²) in [7, 11) is 0. The highest BCUT2D eigenvalue weighted by Gasteiger charge is 2.23. The van der Waals surface area contributed by atoms with Crippen LogP contribution in [0.4, 0.5) is 0 Å². The Labute approximate surface area is 181 Å². The number of aromatic nitrogens is 4. The van der Waals surface area contributed by atoms with Crippen LogP contribution in [0, 0.1) is 5.92 Å². The van der Waals surface area contributed by atoms with Crippen LogP contribution < -0.4 is 5.32 Å². The van der Waals surface area contributed by atoms with Crippen LogP contribution in [0.5, 0.6) is 0 Å². The molecule has 0 bridgehead atoms. The molecule has 6 nitrogen and oxygen atoms in total. The van der Waals surface area contributed by atoms with E-state index in [4.69, 9.17) is 0 Å². The molecule has 0 radical (unpaired) electrons.